The van der Waals surface area contributed by atoms with Crippen LogP contribution in [0.2, 0.25) is 0 Å². The van der Waals surface area contributed by atoms with Crippen LogP contribution in [0.25, 0.3) is 0 Å². The molecular weight excluding hydrogens is 444 g/mol. The van der Waals surface area contributed by atoms with Crippen molar-refractivity contribution in [2.24, 2.45) is 29.6 Å². The van der Waals surface area contributed by atoms with Gasteiger partial charge in [-0.05, 0) is 69.1 Å². The predicted octanol–water partition coefficient (Wildman–Crippen LogP) is 5.11. The average Bonchev–Trinajstić information content (AvgIpc) is 3.39. The van der Waals surface area contributed by atoms with Crippen molar-refractivity contribution in [3.8, 4) is 0 Å². The minimum atomic E-state index is -0.635. The van der Waals surface area contributed by atoms with Crippen LogP contribution in [-0.4, -0.2) is 47.1 Å². The summed E-state index contributed by atoms with van der Waals surface area (Å²) in [6, 6.07) is 0. The van der Waals surface area contributed by atoms with E-state index in [-0.39, 0.29) is 29.8 Å². The molecule has 0 aromatic heterocycles. The van der Waals surface area contributed by atoms with Crippen LogP contribution >= 0.6 is 0 Å². The first kappa shape index (κ1) is 25.3. The minimum absolute atomic E-state index is 0.160. The smallest absolute Gasteiger partial charge is 0.332 e. The third-order valence-electron chi connectivity index (χ3n) is 10.3. The number of esters is 2. The molecule has 1 N–H and O–H groups in total. The van der Waals surface area contributed by atoms with E-state index in [9.17, 15) is 14.7 Å². The second kappa shape index (κ2) is 10.2. The third-order valence-corrected chi connectivity index (χ3v) is 10.3. The number of hydrogen-bond acceptors (Lipinski definition) is 6. The van der Waals surface area contributed by atoms with Crippen molar-refractivity contribution in [3.05, 3.63) is 12.2 Å². The summed E-state index contributed by atoms with van der Waals surface area (Å²) < 4.78 is 19.4. The van der Waals surface area contributed by atoms with Crippen LogP contribution in [0.3, 0.4) is 0 Å². The van der Waals surface area contributed by atoms with E-state index in [4.69, 9.17) is 14.2 Å². The topological polar surface area (TPSA) is 82.1 Å². The highest BCUT2D eigenvalue weighted by Gasteiger charge is 2.73. The molecule has 0 radical (unpaired) electrons. The summed E-state index contributed by atoms with van der Waals surface area (Å²) in [5.41, 5.74) is -1.25. The molecule has 3 aliphatic carbocycles. The van der Waals surface area contributed by atoms with Crippen molar-refractivity contribution >= 4 is 11.9 Å². The molecule has 5 aliphatic rings. The number of fused-ring (bicyclic) bond motifs is 4. The van der Waals surface area contributed by atoms with Gasteiger partial charge in [0.25, 0.3) is 0 Å². The van der Waals surface area contributed by atoms with Crippen molar-refractivity contribution in [2.75, 3.05) is 6.61 Å². The molecule has 6 heteroatoms. The summed E-state index contributed by atoms with van der Waals surface area (Å²) in [6.45, 7) is 3.75. The number of aliphatic hydroxyl groups excluding tert-OH is 1. The lowest BCUT2D eigenvalue weighted by molar-refractivity contribution is -0.270. The number of allylic oxidation sites excluding steroid dienone is 1. The third kappa shape index (κ3) is 4.58. The summed E-state index contributed by atoms with van der Waals surface area (Å²) in [6.07, 6.45) is 17.3. The van der Waals surface area contributed by atoms with Crippen LogP contribution in [0.4, 0.5) is 0 Å². The van der Waals surface area contributed by atoms with E-state index < -0.39 is 29.9 Å². The Balaban J connectivity index is 1.46. The van der Waals surface area contributed by atoms with E-state index in [1.807, 2.05) is 0 Å². The Morgan fingerprint density at radius 3 is 2.34 bits per heavy atom. The van der Waals surface area contributed by atoms with Gasteiger partial charge in [0.05, 0.1) is 0 Å². The van der Waals surface area contributed by atoms with Crippen LogP contribution in [0.15, 0.2) is 12.2 Å². The van der Waals surface area contributed by atoms with Crippen LogP contribution in [0.1, 0.15) is 97.3 Å². The highest BCUT2D eigenvalue weighted by atomic mass is 16.6. The van der Waals surface area contributed by atoms with Gasteiger partial charge in [-0.15, -0.1) is 0 Å². The van der Waals surface area contributed by atoms with Gasteiger partial charge in [0.2, 0.25) is 0 Å². The van der Waals surface area contributed by atoms with Crippen LogP contribution in [0, 0.1) is 29.6 Å². The van der Waals surface area contributed by atoms with Crippen molar-refractivity contribution in [1.82, 2.24) is 0 Å². The Labute approximate surface area is 210 Å². The van der Waals surface area contributed by atoms with Gasteiger partial charge < -0.3 is 19.3 Å². The van der Waals surface area contributed by atoms with Crippen molar-refractivity contribution < 1.29 is 28.9 Å². The quantitative estimate of drug-likeness (QED) is 0.413. The molecule has 2 aliphatic heterocycles. The number of rotatable bonds is 6. The summed E-state index contributed by atoms with van der Waals surface area (Å²) in [5.74, 6) is 0.672. The summed E-state index contributed by atoms with van der Waals surface area (Å²) in [7, 11) is 0. The molecule has 2 bridgehead atoms. The van der Waals surface area contributed by atoms with E-state index in [2.05, 4.69) is 19.9 Å². The zero-order chi connectivity index (χ0) is 24.6. The lowest BCUT2D eigenvalue weighted by atomic mass is 9.66. The summed E-state index contributed by atoms with van der Waals surface area (Å²) in [4.78, 5) is 25.5. The first-order valence-corrected chi connectivity index (χ1v) is 14.3. The molecule has 2 saturated heterocycles. The van der Waals surface area contributed by atoms with Gasteiger partial charge in [-0.1, -0.05) is 51.5 Å². The van der Waals surface area contributed by atoms with E-state index in [1.54, 1.807) is 6.08 Å². The van der Waals surface area contributed by atoms with Crippen molar-refractivity contribution in [2.45, 2.75) is 121 Å². The molecule has 0 aromatic rings. The number of carbonyl (C=O) groups is 2. The van der Waals surface area contributed by atoms with Gasteiger partial charge >= 0.3 is 11.9 Å². The molecule has 2 heterocycles. The molecule has 0 aromatic carbocycles. The zero-order valence-corrected chi connectivity index (χ0v) is 21.6. The van der Waals surface area contributed by atoms with Gasteiger partial charge in [0, 0.05) is 18.4 Å². The normalized spacial score (nSPS) is 42.2. The molecule has 6 nitrogen and oxygen atoms in total. The Bertz CT molecular complexity index is 812. The maximum absolute atomic E-state index is 13.3. The van der Waals surface area contributed by atoms with Gasteiger partial charge in [-0.2, -0.15) is 0 Å². The molecule has 5 rings (SSSR count). The van der Waals surface area contributed by atoms with Crippen LogP contribution < -0.4 is 0 Å². The SMILES string of the molecule is CC1CCC2C1C(OC(=O)/C=C/C1CCCCC1)C1(C3CCCCC3)CC(OC(=O)CO)C2(C)O1. The predicted molar refractivity (Wildman–Crippen MR) is 131 cm³/mol. The van der Waals surface area contributed by atoms with E-state index in [0.717, 1.165) is 51.4 Å². The Morgan fingerprint density at radius 1 is 0.971 bits per heavy atom. The Morgan fingerprint density at radius 2 is 1.66 bits per heavy atom. The molecule has 0 spiro atoms. The summed E-state index contributed by atoms with van der Waals surface area (Å²) >= 11 is 0. The van der Waals surface area contributed by atoms with Crippen molar-refractivity contribution in [1.29, 1.82) is 0 Å². The molecule has 35 heavy (non-hydrogen) atoms. The number of aliphatic hydroxyl groups is 1. The first-order valence-electron chi connectivity index (χ1n) is 14.3. The lowest BCUT2D eigenvalue weighted by Crippen LogP contribution is -2.63. The first-order chi connectivity index (χ1) is 16.9. The molecule has 5 fully saturated rings. The molecule has 7 unspecified atom stereocenters. The highest BCUT2D eigenvalue weighted by molar-refractivity contribution is 5.82. The fourth-order valence-electron chi connectivity index (χ4n) is 8.54. The maximum Gasteiger partial charge on any atom is 0.332 e. The number of carbonyl (C=O) groups excluding carboxylic acids is 2. The lowest BCUT2D eigenvalue weighted by Gasteiger charge is -2.54. The Hall–Kier alpha value is -1.40. The fraction of sp³-hybridized carbons (Fsp3) is 0.862. The molecule has 7 atom stereocenters. The fourth-order valence-corrected chi connectivity index (χ4v) is 8.54. The van der Waals surface area contributed by atoms with E-state index in [1.165, 1.54) is 25.7 Å². The van der Waals surface area contributed by atoms with Gasteiger partial charge in [-0.25, -0.2) is 9.59 Å². The van der Waals surface area contributed by atoms with E-state index >= 15 is 0 Å². The van der Waals surface area contributed by atoms with Gasteiger partial charge in [0.1, 0.15) is 30.0 Å². The summed E-state index contributed by atoms with van der Waals surface area (Å²) in [5, 5.41) is 9.41. The maximum atomic E-state index is 13.3. The molecule has 0 amide bonds. The molecular formula is C29H44O6. The highest BCUT2D eigenvalue weighted by Crippen LogP contribution is 2.64. The van der Waals surface area contributed by atoms with Gasteiger partial charge in [0.15, 0.2) is 0 Å². The second-order valence-corrected chi connectivity index (χ2v) is 12.3. The van der Waals surface area contributed by atoms with Crippen LogP contribution in [0.5, 0.6) is 0 Å². The standard InChI is InChI=1S/C29H44O6/c1-19-13-15-22-26(19)27(34-24(31)16-14-20-9-5-3-6-10-20)29(21-11-7-4-8-12-21)17-23(28(22,2)35-29)33-25(32)18-30/h14,16,19-23,26-27,30H,3-13,15,17-18H2,1-2H3/b16-14+. The van der Waals surface area contributed by atoms with Crippen LogP contribution in [-0.2, 0) is 23.8 Å². The molecule has 196 valence electrons. The number of hydrogen-bond donors (Lipinski definition) is 1. The van der Waals surface area contributed by atoms with Crippen molar-refractivity contribution in [3.63, 3.8) is 0 Å². The minimum Gasteiger partial charge on any atom is -0.457 e. The largest absolute Gasteiger partial charge is 0.457 e. The monoisotopic (exact) mass is 488 g/mol. The number of ether oxygens (including phenoxy) is 3. The molecule has 3 saturated carbocycles. The average molecular weight is 489 g/mol. The second-order valence-electron chi connectivity index (χ2n) is 12.3. The van der Waals surface area contributed by atoms with E-state index in [0.29, 0.717) is 18.3 Å². The zero-order valence-electron chi connectivity index (χ0n) is 21.6. The Kier molecular flexibility index (Phi) is 7.33. The van der Waals surface area contributed by atoms with Gasteiger partial charge in [-0.3, -0.25) is 0 Å².